The van der Waals surface area contributed by atoms with E-state index in [0.717, 1.165) is 0 Å². The topological polar surface area (TPSA) is 88.3 Å². The normalized spacial score (nSPS) is 23.3. The minimum atomic E-state index is -0.825. The molecule has 0 aliphatic carbocycles. The number of nitrogens with zero attached hydrogens (tertiary/aromatic N) is 4. The largest absolute Gasteiger partial charge is 0.481 e. The van der Waals surface area contributed by atoms with E-state index in [0.29, 0.717) is 26.1 Å². The Balaban J connectivity index is 1.85. The fraction of sp³-hybridized carbons (Fsp3) is 0.636. The zero-order valence-corrected chi connectivity index (χ0v) is 10.2. The molecule has 0 unspecified atom stereocenters. The fourth-order valence-electron chi connectivity index (χ4n) is 2.21. The van der Waals surface area contributed by atoms with E-state index < -0.39 is 11.9 Å². The molecule has 0 aromatic carbocycles. The molecule has 0 spiro atoms. The van der Waals surface area contributed by atoms with Gasteiger partial charge in [-0.1, -0.05) is 12.1 Å². The van der Waals surface area contributed by atoms with Crippen LogP contribution in [-0.2, 0) is 16.1 Å². The molecule has 0 radical (unpaired) electrons. The maximum atomic E-state index is 11.9. The molecule has 1 fully saturated rings. The van der Waals surface area contributed by atoms with Gasteiger partial charge in [0.25, 0.3) is 0 Å². The van der Waals surface area contributed by atoms with E-state index in [4.69, 9.17) is 5.11 Å². The molecule has 0 bridgehead atoms. The molecule has 2 atom stereocenters. The highest BCUT2D eigenvalue weighted by Crippen LogP contribution is 2.23. The molecule has 1 N–H and O–H groups in total. The lowest BCUT2D eigenvalue weighted by Crippen LogP contribution is -2.30. The number of aliphatic carboxylic acids is 1. The van der Waals surface area contributed by atoms with Crippen molar-refractivity contribution in [2.24, 2.45) is 11.8 Å². The predicted molar refractivity (Wildman–Crippen MR) is 61.5 cm³/mol. The monoisotopic (exact) mass is 252 g/mol. The third-order valence-corrected chi connectivity index (χ3v) is 3.31. The Morgan fingerprint density at radius 1 is 1.44 bits per heavy atom. The van der Waals surface area contributed by atoms with Gasteiger partial charge >= 0.3 is 5.97 Å². The molecule has 1 aromatic rings. The van der Waals surface area contributed by atoms with Crippen LogP contribution in [-0.4, -0.2) is 50.0 Å². The molecular formula is C11H16N4O3. The highest BCUT2D eigenvalue weighted by atomic mass is 16.4. The molecule has 7 heteroatoms. The van der Waals surface area contributed by atoms with Crippen LogP contribution < -0.4 is 0 Å². The number of rotatable bonds is 4. The lowest BCUT2D eigenvalue weighted by Gasteiger charge is -2.15. The van der Waals surface area contributed by atoms with Crippen molar-refractivity contribution in [2.75, 3.05) is 13.1 Å². The Labute approximate surface area is 104 Å². The summed E-state index contributed by atoms with van der Waals surface area (Å²) in [6, 6.07) is 0. The van der Waals surface area contributed by atoms with E-state index in [-0.39, 0.29) is 11.8 Å². The molecule has 1 aromatic heterocycles. The molecule has 2 heterocycles. The summed E-state index contributed by atoms with van der Waals surface area (Å²) in [6.45, 7) is 3.17. The van der Waals surface area contributed by atoms with E-state index in [2.05, 4.69) is 10.3 Å². The van der Waals surface area contributed by atoms with Crippen molar-refractivity contribution in [3.8, 4) is 0 Å². The molecule has 1 amide bonds. The van der Waals surface area contributed by atoms with Gasteiger partial charge in [-0.15, -0.1) is 5.10 Å². The molecule has 18 heavy (non-hydrogen) atoms. The SMILES string of the molecule is C[C@@H]1CN(C(=O)CCn2ccnn2)C[C@H]1C(=O)O. The summed E-state index contributed by atoms with van der Waals surface area (Å²) in [5, 5.41) is 16.4. The number of carbonyl (C=O) groups is 2. The number of carbonyl (C=O) groups excluding carboxylic acids is 1. The van der Waals surface area contributed by atoms with Crippen LogP contribution >= 0.6 is 0 Å². The van der Waals surface area contributed by atoms with E-state index in [1.54, 1.807) is 22.0 Å². The van der Waals surface area contributed by atoms with Gasteiger partial charge in [0.2, 0.25) is 5.91 Å². The summed E-state index contributed by atoms with van der Waals surface area (Å²) in [4.78, 5) is 24.5. The number of carboxylic acid groups (broad SMARTS) is 1. The van der Waals surface area contributed by atoms with Gasteiger partial charge in [-0.05, 0) is 5.92 Å². The zero-order chi connectivity index (χ0) is 13.1. The Hall–Kier alpha value is -1.92. The molecule has 0 saturated carbocycles. The minimum Gasteiger partial charge on any atom is -0.481 e. The van der Waals surface area contributed by atoms with Crippen molar-refractivity contribution in [3.05, 3.63) is 12.4 Å². The molecule has 98 valence electrons. The van der Waals surface area contributed by atoms with Gasteiger partial charge in [-0.3, -0.25) is 14.3 Å². The van der Waals surface area contributed by atoms with Gasteiger partial charge in [-0.2, -0.15) is 0 Å². The van der Waals surface area contributed by atoms with Crippen molar-refractivity contribution in [2.45, 2.75) is 19.9 Å². The number of aromatic nitrogens is 3. The quantitative estimate of drug-likeness (QED) is 0.805. The van der Waals surface area contributed by atoms with E-state index in [9.17, 15) is 9.59 Å². The zero-order valence-electron chi connectivity index (χ0n) is 10.2. The smallest absolute Gasteiger partial charge is 0.308 e. The molecule has 2 rings (SSSR count). The summed E-state index contributed by atoms with van der Waals surface area (Å²) >= 11 is 0. The molecular weight excluding hydrogens is 236 g/mol. The predicted octanol–water partition coefficient (Wildman–Crippen LogP) is -0.153. The molecule has 1 saturated heterocycles. The number of amides is 1. The van der Waals surface area contributed by atoms with Crippen molar-refractivity contribution in [3.63, 3.8) is 0 Å². The van der Waals surface area contributed by atoms with Crippen molar-refractivity contribution >= 4 is 11.9 Å². The van der Waals surface area contributed by atoms with Crippen LogP contribution in [0.3, 0.4) is 0 Å². The second kappa shape index (κ2) is 5.16. The first kappa shape index (κ1) is 12.5. The van der Waals surface area contributed by atoms with Crippen LogP contribution in [0.1, 0.15) is 13.3 Å². The van der Waals surface area contributed by atoms with Crippen LogP contribution in [0.15, 0.2) is 12.4 Å². The molecule has 1 aliphatic heterocycles. The van der Waals surface area contributed by atoms with E-state index in [1.165, 1.54) is 0 Å². The summed E-state index contributed by atoms with van der Waals surface area (Å²) in [7, 11) is 0. The summed E-state index contributed by atoms with van der Waals surface area (Å²) in [6.07, 6.45) is 3.57. The van der Waals surface area contributed by atoms with Gasteiger partial charge in [-0.25, -0.2) is 0 Å². The molecule has 7 nitrogen and oxygen atoms in total. The Kier molecular flexibility index (Phi) is 3.59. The molecule has 1 aliphatic rings. The highest BCUT2D eigenvalue weighted by Gasteiger charge is 2.36. The lowest BCUT2D eigenvalue weighted by atomic mass is 9.99. The standard InChI is InChI=1S/C11H16N4O3/c1-8-6-14(7-9(8)11(17)18)10(16)2-4-15-5-3-12-13-15/h3,5,8-9H,2,4,6-7H2,1H3,(H,17,18)/t8-,9-/m1/s1. The Bertz CT molecular complexity index is 432. The second-order valence-electron chi connectivity index (χ2n) is 4.64. The average molecular weight is 252 g/mol. The van der Waals surface area contributed by atoms with Gasteiger partial charge in [0.15, 0.2) is 0 Å². The van der Waals surface area contributed by atoms with Crippen LogP contribution in [0.2, 0.25) is 0 Å². The Morgan fingerprint density at radius 2 is 2.22 bits per heavy atom. The van der Waals surface area contributed by atoms with Crippen molar-refractivity contribution in [1.29, 1.82) is 0 Å². The van der Waals surface area contributed by atoms with E-state index >= 15 is 0 Å². The van der Waals surface area contributed by atoms with Crippen LogP contribution in [0, 0.1) is 11.8 Å². The highest BCUT2D eigenvalue weighted by molar-refractivity contribution is 5.78. The average Bonchev–Trinajstić information content (AvgIpc) is 2.94. The Morgan fingerprint density at radius 3 is 2.78 bits per heavy atom. The number of likely N-dealkylation sites (tertiary alicyclic amines) is 1. The fourth-order valence-corrected chi connectivity index (χ4v) is 2.21. The number of hydrogen-bond acceptors (Lipinski definition) is 4. The number of carboxylic acids is 1. The van der Waals surface area contributed by atoms with Crippen molar-refractivity contribution < 1.29 is 14.7 Å². The second-order valence-corrected chi connectivity index (χ2v) is 4.64. The third kappa shape index (κ3) is 2.66. The van der Waals surface area contributed by atoms with Gasteiger partial charge in [0.1, 0.15) is 0 Å². The first-order valence-corrected chi connectivity index (χ1v) is 5.92. The van der Waals surface area contributed by atoms with Gasteiger partial charge in [0, 0.05) is 25.7 Å². The maximum absolute atomic E-state index is 11.9. The first-order chi connectivity index (χ1) is 8.58. The van der Waals surface area contributed by atoms with Gasteiger partial charge in [0.05, 0.1) is 18.7 Å². The van der Waals surface area contributed by atoms with Crippen molar-refractivity contribution in [1.82, 2.24) is 19.9 Å². The minimum absolute atomic E-state index is 0.0119. The number of hydrogen-bond donors (Lipinski definition) is 1. The van der Waals surface area contributed by atoms with E-state index in [1.807, 2.05) is 6.92 Å². The first-order valence-electron chi connectivity index (χ1n) is 5.92. The van der Waals surface area contributed by atoms with Crippen LogP contribution in [0.25, 0.3) is 0 Å². The van der Waals surface area contributed by atoms with Crippen LogP contribution in [0.5, 0.6) is 0 Å². The van der Waals surface area contributed by atoms with Crippen LogP contribution in [0.4, 0.5) is 0 Å². The third-order valence-electron chi connectivity index (χ3n) is 3.31. The van der Waals surface area contributed by atoms with Gasteiger partial charge < -0.3 is 10.0 Å². The lowest BCUT2D eigenvalue weighted by molar-refractivity contribution is -0.142. The maximum Gasteiger partial charge on any atom is 0.308 e. The number of aryl methyl sites for hydroxylation is 1. The summed E-state index contributed by atoms with van der Waals surface area (Å²) in [5.41, 5.74) is 0. The summed E-state index contributed by atoms with van der Waals surface area (Å²) in [5.74, 6) is -1.28. The summed E-state index contributed by atoms with van der Waals surface area (Å²) < 4.78 is 1.59.